The van der Waals surface area contributed by atoms with E-state index in [1.165, 1.54) is 16.9 Å². The Kier molecular flexibility index (Phi) is 6.33. The van der Waals surface area contributed by atoms with E-state index in [-0.39, 0.29) is 12.2 Å². The molecule has 5 nitrogen and oxygen atoms in total. The Labute approximate surface area is 203 Å². The third-order valence-corrected chi connectivity index (χ3v) is 6.69. The van der Waals surface area contributed by atoms with Crippen LogP contribution in [0.25, 0.3) is 22.5 Å². The Morgan fingerprint density at radius 1 is 1.09 bits per heavy atom. The number of nitrogens with zero attached hydrogens (tertiary/aromatic N) is 3. The van der Waals surface area contributed by atoms with E-state index in [0.29, 0.717) is 16.5 Å². The molecule has 2 N–H and O–H groups in total. The first-order chi connectivity index (χ1) is 16.4. The van der Waals surface area contributed by atoms with Crippen LogP contribution in [0.3, 0.4) is 0 Å². The Hall–Kier alpha value is -2.88. The number of anilines is 1. The summed E-state index contributed by atoms with van der Waals surface area (Å²) in [5, 5.41) is 9.77. The lowest BCUT2D eigenvalue weighted by Gasteiger charge is -2.15. The summed E-state index contributed by atoms with van der Waals surface area (Å²) in [6.07, 6.45) is -0.628. The molecule has 3 aromatic heterocycles. The van der Waals surface area contributed by atoms with Crippen LogP contribution >= 0.6 is 22.9 Å². The van der Waals surface area contributed by atoms with Gasteiger partial charge in [-0.2, -0.15) is 13.2 Å². The molecule has 4 aromatic rings. The predicted molar refractivity (Wildman–Crippen MR) is 130 cm³/mol. The van der Waals surface area contributed by atoms with Gasteiger partial charge < -0.3 is 10.6 Å². The standard InChI is InChI=1S/C24H21ClF3N5S/c25-18-4-1-16(2-5-18)20-14-34-22(32-20)12-30-23-19(11-24(26,27)28)31-21-6-3-17(13-33(21)23)15-7-9-29-10-8-15/h1-7,13-14,29-30H,8-12H2. The smallest absolute Gasteiger partial charge is 0.363 e. The second-order valence-electron chi connectivity index (χ2n) is 8.02. The summed E-state index contributed by atoms with van der Waals surface area (Å²) in [4.78, 5) is 8.91. The largest absolute Gasteiger partial charge is 0.394 e. The van der Waals surface area contributed by atoms with Gasteiger partial charge >= 0.3 is 6.18 Å². The average molecular weight is 504 g/mol. The van der Waals surface area contributed by atoms with E-state index in [4.69, 9.17) is 11.6 Å². The van der Waals surface area contributed by atoms with Crippen LogP contribution in [0.15, 0.2) is 54.1 Å². The van der Waals surface area contributed by atoms with Crippen LogP contribution in [0, 0.1) is 0 Å². The number of hydrogen-bond acceptors (Lipinski definition) is 5. The molecule has 0 aliphatic carbocycles. The average Bonchev–Trinajstić information content (AvgIpc) is 3.41. The zero-order valence-electron chi connectivity index (χ0n) is 18.0. The maximum Gasteiger partial charge on any atom is 0.394 e. The molecule has 176 valence electrons. The van der Waals surface area contributed by atoms with Crippen molar-refractivity contribution >= 4 is 40.0 Å². The molecule has 34 heavy (non-hydrogen) atoms. The summed E-state index contributed by atoms with van der Waals surface area (Å²) >= 11 is 7.40. The molecule has 0 saturated carbocycles. The SMILES string of the molecule is FC(F)(F)Cc1nc2ccc(C3=CCNCC3)cn2c1NCc1nc(-c2ccc(Cl)cc2)cs1. The number of nitrogens with one attached hydrogen (secondary N) is 2. The second kappa shape index (κ2) is 9.40. The van der Waals surface area contributed by atoms with Crippen molar-refractivity contribution in [3.8, 4) is 11.3 Å². The predicted octanol–water partition coefficient (Wildman–Crippen LogP) is 6.20. The monoisotopic (exact) mass is 503 g/mol. The number of hydrogen-bond donors (Lipinski definition) is 2. The Bertz CT molecular complexity index is 1340. The van der Waals surface area contributed by atoms with E-state index in [9.17, 15) is 13.2 Å². The highest BCUT2D eigenvalue weighted by Gasteiger charge is 2.31. The van der Waals surface area contributed by atoms with Gasteiger partial charge in [0, 0.05) is 28.7 Å². The molecule has 1 aromatic carbocycles. The van der Waals surface area contributed by atoms with E-state index in [2.05, 4.69) is 26.7 Å². The van der Waals surface area contributed by atoms with E-state index in [0.717, 1.165) is 41.3 Å². The fourth-order valence-corrected chi connectivity index (χ4v) is 4.84. The second-order valence-corrected chi connectivity index (χ2v) is 9.39. The zero-order valence-corrected chi connectivity index (χ0v) is 19.6. The van der Waals surface area contributed by atoms with Gasteiger partial charge in [-0.3, -0.25) is 4.40 Å². The summed E-state index contributed by atoms with van der Waals surface area (Å²) in [6, 6.07) is 11.1. The van der Waals surface area contributed by atoms with E-state index < -0.39 is 12.6 Å². The summed E-state index contributed by atoms with van der Waals surface area (Å²) in [6.45, 7) is 1.94. The van der Waals surface area contributed by atoms with E-state index in [1.807, 2.05) is 29.8 Å². The molecule has 5 rings (SSSR count). The lowest BCUT2D eigenvalue weighted by molar-refractivity contribution is -0.127. The number of alkyl halides is 3. The van der Waals surface area contributed by atoms with Crippen molar-refractivity contribution in [2.75, 3.05) is 18.4 Å². The molecule has 0 bridgehead atoms. The molecule has 0 saturated heterocycles. The van der Waals surface area contributed by atoms with Crippen molar-refractivity contribution < 1.29 is 13.2 Å². The minimum Gasteiger partial charge on any atom is -0.363 e. The molecule has 0 amide bonds. The van der Waals surface area contributed by atoms with Gasteiger partial charge in [-0.1, -0.05) is 29.8 Å². The van der Waals surface area contributed by atoms with Crippen molar-refractivity contribution in [1.82, 2.24) is 19.7 Å². The number of halogens is 4. The maximum absolute atomic E-state index is 13.3. The van der Waals surface area contributed by atoms with E-state index >= 15 is 0 Å². The normalized spacial score (nSPS) is 14.4. The van der Waals surface area contributed by atoms with Crippen LogP contribution < -0.4 is 10.6 Å². The fourth-order valence-electron chi connectivity index (χ4n) is 3.97. The number of rotatable bonds is 6. The van der Waals surface area contributed by atoms with Crippen LogP contribution in [0.4, 0.5) is 19.0 Å². The first-order valence-corrected chi connectivity index (χ1v) is 12.0. The highest BCUT2D eigenvalue weighted by Crippen LogP contribution is 2.30. The zero-order chi connectivity index (χ0) is 23.7. The number of pyridine rings is 1. The van der Waals surface area contributed by atoms with Gasteiger partial charge in [0.15, 0.2) is 0 Å². The molecule has 1 aliphatic heterocycles. The summed E-state index contributed by atoms with van der Waals surface area (Å²) in [5.74, 6) is 0.340. The number of benzene rings is 1. The fraction of sp³-hybridized carbons (Fsp3) is 0.250. The molecule has 0 radical (unpaired) electrons. The Morgan fingerprint density at radius 2 is 1.88 bits per heavy atom. The molecule has 0 spiro atoms. The van der Waals surface area contributed by atoms with Gasteiger partial charge in [0.2, 0.25) is 0 Å². The summed E-state index contributed by atoms with van der Waals surface area (Å²) in [5.41, 5.74) is 4.32. The first-order valence-electron chi connectivity index (χ1n) is 10.8. The number of thiazole rings is 1. The van der Waals surface area contributed by atoms with Gasteiger partial charge in [0.25, 0.3) is 0 Å². The van der Waals surface area contributed by atoms with Crippen LogP contribution in [-0.2, 0) is 13.0 Å². The van der Waals surface area contributed by atoms with Crippen molar-refractivity contribution in [2.24, 2.45) is 0 Å². The van der Waals surface area contributed by atoms with Gasteiger partial charge in [0.05, 0.1) is 24.4 Å². The van der Waals surface area contributed by atoms with Crippen molar-refractivity contribution in [3.63, 3.8) is 0 Å². The topological polar surface area (TPSA) is 54.2 Å². The van der Waals surface area contributed by atoms with E-state index in [1.54, 1.807) is 22.6 Å². The van der Waals surface area contributed by atoms with Crippen LogP contribution in [0.1, 0.15) is 22.7 Å². The number of fused-ring (bicyclic) bond motifs is 1. The van der Waals surface area contributed by atoms with Crippen LogP contribution in [0.5, 0.6) is 0 Å². The number of imidazole rings is 1. The summed E-state index contributed by atoms with van der Waals surface area (Å²) in [7, 11) is 0. The Morgan fingerprint density at radius 3 is 2.62 bits per heavy atom. The molecular formula is C24H21ClF3N5S. The van der Waals surface area contributed by atoms with Crippen molar-refractivity contribution in [1.29, 1.82) is 0 Å². The van der Waals surface area contributed by atoms with Crippen LogP contribution in [-0.4, -0.2) is 33.6 Å². The maximum atomic E-state index is 13.3. The molecular weight excluding hydrogens is 483 g/mol. The number of aromatic nitrogens is 3. The minimum atomic E-state index is -4.36. The molecule has 10 heteroatoms. The minimum absolute atomic E-state index is 0.0292. The lowest BCUT2D eigenvalue weighted by atomic mass is 10.0. The Balaban J connectivity index is 1.45. The van der Waals surface area contributed by atoms with Gasteiger partial charge in [-0.05, 0) is 48.4 Å². The van der Waals surface area contributed by atoms with Crippen LogP contribution in [0.2, 0.25) is 5.02 Å². The first kappa shape index (κ1) is 22.9. The van der Waals surface area contributed by atoms with Gasteiger partial charge in [-0.15, -0.1) is 11.3 Å². The summed E-state index contributed by atoms with van der Waals surface area (Å²) < 4.78 is 41.6. The van der Waals surface area contributed by atoms with Gasteiger partial charge in [0.1, 0.15) is 16.5 Å². The quantitative estimate of drug-likeness (QED) is 0.329. The lowest BCUT2D eigenvalue weighted by Crippen LogP contribution is -2.20. The van der Waals surface area contributed by atoms with Gasteiger partial charge in [-0.25, -0.2) is 9.97 Å². The third kappa shape index (κ3) is 5.11. The highest BCUT2D eigenvalue weighted by atomic mass is 35.5. The molecule has 0 atom stereocenters. The molecule has 0 unspecified atom stereocenters. The molecule has 4 heterocycles. The van der Waals surface area contributed by atoms with Crippen molar-refractivity contribution in [2.45, 2.75) is 25.6 Å². The molecule has 1 aliphatic rings. The highest BCUT2D eigenvalue weighted by molar-refractivity contribution is 7.10. The van der Waals surface area contributed by atoms with Crippen molar-refractivity contribution in [3.05, 3.63) is 75.3 Å². The molecule has 0 fully saturated rings. The third-order valence-electron chi connectivity index (χ3n) is 5.59.